The molecule has 1 saturated carbocycles. The molecule has 1 aliphatic rings. The van der Waals surface area contributed by atoms with Gasteiger partial charge in [0.2, 0.25) is 5.75 Å². The van der Waals surface area contributed by atoms with Gasteiger partial charge in [-0.2, -0.15) is 0 Å². The molecule has 1 fully saturated rings. The Morgan fingerprint density at radius 1 is 1.35 bits per heavy atom. The fourth-order valence-corrected chi connectivity index (χ4v) is 3.63. The van der Waals surface area contributed by atoms with Crippen LogP contribution < -0.4 is 4.90 Å². The lowest BCUT2D eigenvalue weighted by Crippen LogP contribution is -2.36. The number of aromatic amines is 1. The molecule has 1 aliphatic carbocycles. The van der Waals surface area contributed by atoms with Crippen molar-refractivity contribution in [3.8, 4) is 0 Å². The zero-order valence-corrected chi connectivity index (χ0v) is 12.4. The first kappa shape index (κ1) is 13.4. The molecule has 0 aliphatic heterocycles. The van der Waals surface area contributed by atoms with Crippen LogP contribution in [-0.4, -0.2) is 33.8 Å². The second-order valence-electron chi connectivity index (χ2n) is 5.51. The molecular formula is C14H19N4OS+. The monoisotopic (exact) mass is 291 g/mol. The van der Waals surface area contributed by atoms with Crippen molar-refractivity contribution in [1.29, 1.82) is 0 Å². The molecule has 0 saturated heterocycles. The van der Waals surface area contributed by atoms with Crippen molar-refractivity contribution >= 4 is 28.5 Å². The Morgan fingerprint density at radius 2 is 2.15 bits per heavy atom. The summed E-state index contributed by atoms with van der Waals surface area (Å²) in [5.41, 5.74) is 0.887. The molecule has 2 heterocycles. The molecule has 6 heteroatoms. The quantitative estimate of drug-likeness (QED) is 0.879. The van der Waals surface area contributed by atoms with Gasteiger partial charge in [-0.1, -0.05) is 0 Å². The zero-order valence-electron chi connectivity index (χ0n) is 11.6. The van der Waals surface area contributed by atoms with Gasteiger partial charge in [0.15, 0.2) is 0 Å². The Bertz CT molecular complexity index is 592. The van der Waals surface area contributed by atoms with Crippen LogP contribution in [0.5, 0.6) is 0 Å². The molecule has 2 aromatic heterocycles. The van der Waals surface area contributed by atoms with Crippen LogP contribution in [0, 0.1) is 5.92 Å². The maximum absolute atomic E-state index is 10.6. The second kappa shape index (κ2) is 5.83. The molecule has 0 unspecified atom stereocenters. The third-order valence-corrected chi connectivity index (χ3v) is 4.94. The van der Waals surface area contributed by atoms with Gasteiger partial charge in [-0.3, -0.25) is 0 Å². The molecule has 5 nitrogen and oxygen atoms in total. The molecule has 2 aromatic rings. The van der Waals surface area contributed by atoms with Gasteiger partial charge < -0.3 is 9.88 Å². The number of H-pyrrole nitrogens is 1. The van der Waals surface area contributed by atoms with E-state index in [1.807, 2.05) is 12.3 Å². The summed E-state index contributed by atoms with van der Waals surface area (Å²) >= 11 is 0.729. The Balaban J connectivity index is 1.75. The SMILES string of the molecule is CN(c1ncnc2[nH]ccc12)C1CCC(C[S+]=O)CC1. The molecule has 0 atom stereocenters. The highest BCUT2D eigenvalue weighted by molar-refractivity contribution is 7.65. The Labute approximate surface area is 122 Å². The fourth-order valence-electron chi connectivity index (χ4n) is 3.11. The van der Waals surface area contributed by atoms with Crippen molar-refractivity contribution in [3.63, 3.8) is 0 Å². The van der Waals surface area contributed by atoms with E-state index in [0.717, 1.165) is 60.0 Å². The highest BCUT2D eigenvalue weighted by Crippen LogP contribution is 2.31. The lowest BCUT2D eigenvalue weighted by Gasteiger charge is -2.34. The second-order valence-corrected chi connectivity index (χ2v) is 6.08. The van der Waals surface area contributed by atoms with Gasteiger partial charge in [0.25, 0.3) is 0 Å². The molecule has 20 heavy (non-hydrogen) atoms. The van der Waals surface area contributed by atoms with Crippen LogP contribution in [0.1, 0.15) is 25.7 Å². The standard InChI is InChI=1S/C14H19N4OS/c1-18(11-4-2-10(3-5-11)8-20-19)14-12-6-7-15-13(12)16-9-17-14/h6-7,9-11H,2-5,8H2,1H3,(H,15,16,17)/q+1. The minimum Gasteiger partial charge on any atom is -0.356 e. The molecule has 1 N–H and O–H groups in total. The predicted molar refractivity (Wildman–Crippen MR) is 81.0 cm³/mol. The summed E-state index contributed by atoms with van der Waals surface area (Å²) in [6.07, 6.45) is 8.08. The average Bonchev–Trinajstić information content (AvgIpc) is 2.96. The molecule has 3 rings (SSSR count). The fraction of sp³-hybridized carbons (Fsp3) is 0.571. The molecule has 106 valence electrons. The summed E-state index contributed by atoms with van der Waals surface area (Å²) in [7, 11) is 2.11. The summed E-state index contributed by atoms with van der Waals surface area (Å²) in [4.78, 5) is 14.1. The first-order chi connectivity index (χ1) is 9.79. The first-order valence-corrected chi connectivity index (χ1v) is 7.96. The van der Waals surface area contributed by atoms with Gasteiger partial charge in [-0.05, 0) is 31.7 Å². The van der Waals surface area contributed by atoms with Gasteiger partial charge in [-0.15, -0.1) is 0 Å². The zero-order chi connectivity index (χ0) is 13.9. The number of nitrogens with one attached hydrogen (secondary N) is 1. The number of hydrogen-bond donors (Lipinski definition) is 1. The highest BCUT2D eigenvalue weighted by atomic mass is 32.1. The van der Waals surface area contributed by atoms with E-state index in [0.29, 0.717) is 12.0 Å². The highest BCUT2D eigenvalue weighted by Gasteiger charge is 2.28. The van der Waals surface area contributed by atoms with E-state index >= 15 is 0 Å². The first-order valence-electron chi connectivity index (χ1n) is 7.05. The lowest BCUT2D eigenvalue weighted by atomic mass is 9.86. The number of fused-ring (bicyclic) bond motifs is 1. The number of rotatable bonds is 4. The normalized spacial score (nSPS) is 22.9. The molecule has 0 spiro atoms. The molecule has 0 amide bonds. The number of aromatic nitrogens is 3. The van der Waals surface area contributed by atoms with Crippen molar-refractivity contribution < 1.29 is 4.21 Å². The van der Waals surface area contributed by atoms with Crippen molar-refractivity contribution in [2.45, 2.75) is 31.7 Å². The molecular weight excluding hydrogens is 272 g/mol. The summed E-state index contributed by atoms with van der Waals surface area (Å²) in [6, 6.07) is 2.54. The average molecular weight is 291 g/mol. The van der Waals surface area contributed by atoms with E-state index in [1.54, 1.807) is 6.33 Å². The van der Waals surface area contributed by atoms with Gasteiger partial charge in [0, 0.05) is 29.4 Å². The van der Waals surface area contributed by atoms with Gasteiger partial charge >= 0.3 is 11.7 Å². The van der Waals surface area contributed by atoms with E-state index in [1.165, 1.54) is 0 Å². The van der Waals surface area contributed by atoms with E-state index in [-0.39, 0.29) is 0 Å². The maximum atomic E-state index is 10.6. The summed E-state index contributed by atoms with van der Waals surface area (Å²) in [6.45, 7) is 0. The van der Waals surface area contributed by atoms with Crippen LogP contribution in [0.3, 0.4) is 0 Å². The van der Waals surface area contributed by atoms with Crippen LogP contribution in [0.15, 0.2) is 18.6 Å². The summed E-state index contributed by atoms with van der Waals surface area (Å²) < 4.78 is 10.6. The number of anilines is 1. The lowest BCUT2D eigenvalue weighted by molar-refractivity contribution is 0.343. The topological polar surface area (TPSA) is 61.9 Å². The Morgan fingerprint density at radius 3 is 2.90 bits per heavy atom. The van der Waals surface area contributed by atoms with E-state index in [4.69, 9.17) is 0 Å². The van der Waals surface area contributed by atoms with Crippen LogP contribution >= 0.6 is 0 Å². The van der Waals surface area contributed by atoms with Crippen molar-refractivity contribution in [3.05, 3.63) is 18.6 Å². The Hall–Kier alpha value is -1.56. The van der Waals surface area contributed by atoms with Gasteiger partial charge in [0.1, 0.15) is 17.8 Å². The van der Waals surface area contributed by atoms with Crippen LogP contribution in [0.4, 0.5) is 5.82 Å². The number of nitrogens with zero attached hydrogens (tertiary/aromatic N) is 3. The van der Waals surface area contributed by atoms with Crippen LogP contribution in [0.25, 0.3) is 11.0 Å². The minimum absolute atomic E-state index is 0.510. The Kier molecular flexibility index (Phi) is 3.91. The van der Waals surface area contributed by atoms with Crippen molar-refractivity contribution in [1.82, 2.24) is 15.0 Å². The van der Waals surface area contributed by atoms with E-state index in [9.17, 15) is 4.21 Å². The van der Waals surface area contributed by atoms with Crippen LogP contribution in [-0.2, 0) is 15.9 Å². The minimum atomic E-state index is 0.510. The van der Waals surface area contributed by atoms with Gasteiger partial charge in [0.05, 0.1) is 5.39 Å². The third kappa shape index (κ3) is 2.52. The molecule has 0 aromatic carbocycles. The van der Waals surface area contributed by atoms with Gasteiger partial charge in [-0.25, -0.2) is 9.97 Å². The molecule has 0 bridgehead atoms. The summed E-state index contributed by atoms with van der Waals surface area (Å²) in [5.74, 6) is 2.35. The van der Waals surface area contributed by atoms with Crippen molar-refractivity contribution in [2.75, 3.05) is 17.7 Å². The van der Waals surface area contributed by atoms with E-state index in [2.05, 4.69) is 26.9 Å². The van der Waals surface area contributed by atoms with Crippen LogP contribution in [0.2, 0.25) is 0 Å². The summed E-state index contributed by atoms with van der Waals surface area (Å²) in [5, 5.41) is 1.08. The van der Waals surface area contributed by atoms with Crippen molar-refractivity contribution in [2.24, 2.45) is 5.92 Å². The third-order valence-electron chi connectivity index (χ3n) is 4.33. The van der Waals surface area contributed by atoms with E-state index < -0.39 is 0 Å². The smallest absolute Gasteiger partial charge is 0.356 e. The largest absolute Gasteiger partial charge is 0.458 e. The predicted octanol–water partition coefficient (Wildman–Crippen LogP) is 2.38. The maximum Gasteiger partial charge on any atom is 0.458 e. The molecule has 0 radical (unpaired) electrons. The number of hydrogen-bond acceptors (Lipinski definition) is 4.